The molecule has 0 saturated heterocycles. The molecule has 0 atom stereocenters. The Morgan fingerprint density at radius 3 is 2.62 bits per heavy atom. The fourth-order valence-electron chi connectivity index (χ4n) is 2.03. The van der Waals surface area contributed by atoms with Crippen LogP contribution >= 0.6 is 0 Å². The molecule has 6 nitrogen and oxygen atoms in total. The fourth-order valence-corrected chi connectivity index (χ4v) is 3.14. The van der Waals surface area contributed by atoms with Crippen molar-refractivity contribution in [2.45, 2.75) is 11.3 Å². The maximum Gasteiger partial charge on any atom is 0.261 e. The lowest BCUT2D eigenvalue weighted by atomic mass is 10.1. The molecule has 0 bridgehead atoms. The van der Waals surface area contributed by atoms with E-state index in [2.05, 4.69) is 10.0 Å². The number of sulfonamides is 1. The number of amides is 1. The van der Waals surface area contributed by atoms with Gasteiger partial charge in [-0.25, -0.2) is 12.8 Å². The van der Waals surface area contributed by atoms with E-state index in [0.717, 1.165) is 18.2 Å². The first kappa shape index (κ1) is 19.1. The minimum Gasteiger partial charge on any atom is -0.352 e. The second kappa shape index (κ2) is 8.78. The van der Waals surface area contributed by atoms with E-state index in [1.54, 1.807) is 18.2 Å². The predicted molar refractivity (Wildman–Crippen MR) is 95.9 cm³/mol. The topological polar surface area (TPSA) is 99.1 Å². The van der Waals surface area contributed by atoms with Gasteiger partial charge in [-0.2, -0.15) is 5.26 Å². The van der Waals surface area contributed by atoms with Crippen LogP contribution in [-0.2, 0) is 14.8 Å². The van der Waals surface area contributed by atoms with E-state index in [1.807, 2.05) is 6.07 Å². The molecule has 0 heterocycles. The normalized spacial score (nSPS) is 11.1. The zero-order valence-corrected chi connectivity index (χ0v) is 14.5. The summed E-state index contributed by atoms with van der Waals surface area (Å²) in [5.74, 6) is -1.04. The first-order chi connectivity index (χ1) is 12.4. The summed E-state index contributed by atoms with van der Waals surface area (Å²) in [6.45, 7) is 0.191. The Morgan fingerprint density at radius 2 is 1.92 bits per heavy atom. The Bertz CT molecular complexity index is 951. The van der Waals surface area contributed by atoms with Gasteiger partial charge < -0.3 is 5.32 Å². The van der Waals surface area contributed by atoms with Crippen molar-refractivity contribution < 1.29 is 17.6 Å². The summed E-state index contributed by atoms with van der Waals surface area (Å²) in [7, 11) is -3.85. The number of carbonyl (C=O) groups is 1. The van der Waals surface area contributed by atoms with E-state index in [9.17, 15) is 17.6 Å². The molecule has 2 rings (SSSR count). The number of anilines is 1. The van der Waals surface area contributed by atoms with Crippen molar-refractivity contribution in [3.8, 4) is 6.07 Å². The number of nitrogens with one attached hydrogen (secondary N) is 2. The van der Waals surface area contributed by atoms with Gasteiger partial charge in [-0.3, -0.25) is 9.52 Å². The van der Waals surface area contributed by atoms with Crippen LogP contribution < -0.4 is 10.0 Å². The molecule has 0 aliphatic carbocycles. The minimum absolute atomic E-state index is 0.0634. The molecular weight excluding hydrogens is 357 g/mol. The van der Waals surface area contributed by atoms with E-state index < -0.39 is 21.7 Å². The summed E-state index contributed by atoms with van der Waals surface area (Å²) in [4.78, 5) is 11.7. The van der Waals surface area contributed by atoms with Crippen LogP contribution in [0.15, 0.2) is 59.5 Å². The van der Waals surface area contributed by atoms with Crippen molar-refractivity contribution in [2.24, 2.45) is 0 Å². The molecule has 2 aromatic carbocycles. The van der Waals surface area contributed by atoms with Crippen LogP contribution in [0, 0.1) is 17.1 Å². The van der Waals surface area contributed by atoms with Gasteiger partial charge in [0.05, 0.1) is 23.1 Å². The van der Waals surface area contributed by atoms with Crippen molar-refractivity contribution in [3.05, 3.63) is 66.0 Å². The highest BCUT2D eigenvalue weighted by Gasteiger charge is 2.15. The molecular formula is C18H16FN3O3S. The van der Waals surface area contributed by atoms with Crippen LogP contribution in [0.3, 0.4) is 0 Å². The van der Waals surface area contributed by atoms with Crippen molar-refractivity contribution in [2.75, 3.05) is 11.3 Å². The molecule has 0 saturated carbocycles. The number of rotatable bonds is 7. The van der Waals surface area contributed by atoms with E-state index >= 15 is 0 Å². The average Bonchev–Trinajstić information content (AvgIpc) is 2.63. The van der Waals surface area contributed by atoms with E-state index in [4.69, 9.17) is 5.26 Å². The molecule has 0 aliphatic rings. The molecule has 0 fully saturated rings. The molecule has 1 amide bonds. The van der Waals surface area contributed by atoms with Crippen LogP contribution in [0.25, 0.3) is 6.08 Å². The van der Waals surface area contributed by atoms with Gasteiger partial charge in [0.25, 0.3) is 10.0 Å². The largest absolute Gasteiger partial charge is 0.352 e. The highest BCUT2D eigenvalue weighted by Crippen LogP contribution is 2.22. The Kier molecular flexibility index (Phi) is 6.47. The molecule has 8 heteroatoms. The average molecular weight is 373 g/mol. The SMILES string of the molecule is N#CCCNC(=O)C=Cc1cc(F)ccc1NS(=O)(=O)c1ccccc1. The Morgan fingerprint density at radius 1 is 1.19 bits per heavy atom. The van der Waals surface area contributed by atoms with Gasteiger partial charge in [0.1, 0.15) is 5.82 Å². The fraction of sp³-hybridized carbons (Fsp3) is 0.111. The smallest absolute Gasteiger partial charge is 0.261 e. The monoisotopic (exact) mass is 373 g/mol. The molecule has 2 aromatic rings. The van der Waals surface area contributed by atoms with Gasteiger partial charge in [0.2, 0.25) is 5.91 Å². The summed E-state index contributed by atoms with van der Waals surface area (Å²) in [6, 6.07) is 13.1. The van der Waals surface area contributed by atoms with Gasteiger partial charge in [0.15, 0.2) is 0 Å². The second-order valence-electron chi connectivity index (χ2n) is 5.18. The molecule has 2 N–H and O–H groups in total. The summed E-state index contributed by atoms with van der Waals surface area (Å²) in [6.07, 6.45) is 2.61. The van der Waals surface area contributed by atoms with E-state index in [0.29, 0.717) is 0 Å². The van der Waals surface area contributed by atoms with Gasteiger partial charge >= 0.3 is 0 Å². The zero-order chi connectivity index (χ0) is 19.0. The standard InChI is InChI=1S/C18H16FN3O3S/c19-15-8-9-17(22-26(24,25)16-5-2-1-3-6-16)14(13-15)7-10-18(23)21-12-4-11-20/h1-3,5-10,13,22H,4,12H2,(H,21,23). The lowest BCUT2D eigenvalue weighted by molar-refractivity contribution is -0.116. The number of halogens is 1. The highest BCUT2D eigenvalue weighted by atomic mass is 32.2. The third kappa shape index (κ3) is 5.43. The number of benzene rings is 2. The van der Waals surface area contributed by atoms with Crippen molar-refractivity contribution in [3.63, 3.8) is 0 Å². The lowest BCUT2D eigenvalue weighted by Crippen LogP contribution is -2.21. The van der Waals surface area contributed by atoms with Crippen molar-refractivity contribution in [1.29, 1.82) is 5.26 Å². The number of nitrogens with zero attached hydrogens (tertiary/aromatic N) is 1. The van der Waals surface area contributed by atoms with Crippen molar-refractivity contribution in [1.82, 2.24) is 5.32 Å². The third-order valence-corrected chi connectivity index (χ3v) is 4.64. The molecule has 0 aliphatic heterocycles. The molecule has 134 valence electrons. The van der Waals surface area contributed by atoms with Crippen LogP contribution in [0.1, 0.15) is 12.0 Å². The molecule has 0 unspecified atom stereocenters. The van der Waals surface area contributed by atoms with Crippen molar-refractivity contribution >= 4 is 27.7 Å². The molecule has 0 spiro atoms. The summed E-state index contributed by atoms with van der Waals surface area (Å²) in [5.41, 5.74) is 0.330. The second-order valence-corrected chi connectivity index (χ2v) is 6.87. The van der Waals surface area contributed by atoms with E-state index in [-0.39, 0.29) is 29.1 Å². The van der Waals surface area contributed by atoms with Crippen LogP contribution in [-0.4, -0.2) is 20.9 Å². The zero-order valence-electron chi connectivity index (χ0n) is 13.6. The lowest BCUT2D eigenvalue weighted by Gasteiger charge is -2.11. The summed E-state index contributed by atoms with van der Waals surface area (Å²) >= 11 is 0. The highest BCUT2D eigenvalue weighted by molar-refractivity contribution is 7.92. The molecule has 0 radical (unpaired) electrons. The number of nitriles is 1. The number of hydrogen-bond acceptors (Lipinski definition) is 4. The Balaban J connectivity index is 2.23. The summed E-state index contributed by atoms with van der Waals surface area (Å²) in [5, 5.41) is 10.9. The number of carbonyl (C=O) groups excluding carboxylic acids is 1. The predicted octanol–water partition coefficient (Wildman–Crippen LogP) is 2.67. The van der Waals surface area contributed by atoms with Crippen LogP contribution in [0.5, 0.6) is 0 Å². The molecule has 26 heavy (non-hydrogen) atoms. The minimum atomic E-state index is -3.85. The maximum atomic E-state index is 13.5. The maximum absolute atomic E-state index is 13.5. The first-order valence-electron chi connectivity index (χ1n) is 7.62. The van der Waals surface area contributed by atoms with E-state index in [1.165, 1.54) is 24.3 Å². The Hall–Kier alpha value is -3.18. The van der Waals surface area contributed by atoms with Crippen LogP contribution in [0.4, 0.5) is 10.1 Å². The van der Waals surface area contributed by atoms with Gasteiger partial charge in [-0.1, -0.05) is 18.2 Å². The number of hydrogen-bond donors (Lipinski definition) is 2. The molecule has 0 aromatic heterocycles. The first-order valence-corrected chi connectivity index (χ1v) is 9.11. The summed E-state index contributed by atoms with van der Waals surface area (Å²) < 4.78 is 40.7. The van der Waals surface area contributed by atoms with Gasteiger partial charge in [0, 0.05) is 18.2 Å². The van der Waals surface area contributed by atoms with Gasteiger partial charge in [-0.05, 0) is 36.4 Å². The van der Waals surface area contributed by atoms with Crippen LogP contribution in [0.2, 0.25) is 0 Å². The Labute approximate surface area is 151 Å². The van der Waals surface area contributed by atoms with Gasteiger partial charge in [-0.15, -0.1) is 0 Å². The quantitative estimate of drug-likeness (QED) is 0.576. The third-order valence-electron chi connectivity index (χ3n) is 3.26.